The lowest BCUT2D eigenvalue weighted by molar-refractivity contribution is 0.0953. The third-order valence-corrected chi connectivity index (χ3v) is 5.21. The lowest BCUT2D eigenvalue weighted by Crippen LogP contribution is -2.52. The number of aryl methyl sites for hydroxylation is 1. The summed E-state index contributed by atoms with van der Waals surface area (Å²) in [6.45, 7) is 4.97. The van der Waals surface area contributed by atoms with Gasteiger partial charge in [0.2, 0.25) is 0 Å². The van der Waals surface area contributed by atoms with Crippen LogP contribution < -0.4 is 15.5 Å². The van der Waals surface area contributed by atoms with Gasteiger partial charge in [-0.3, -0.25) is 4.79 Å². The summed E-state index contributed by atoms with van der Waals surface area (Å²) in [5.41, 5.74) is 0.761. The number of urea groups is 1. The van der Waals surface area contributed by atoms with Crippen LogP contribution in [-0.2, 0) is 0 Å². The standard InChI is InChI=1S/C18H22FN5O2S/c1-13-2-3-14(12-15(13)19)16(25)20-4-5-21-17(26)23-7-9-24(10-8-23)18-22-6-11-27-18/h2-3,6,11-12H,4-5,7-10H2,1H3,(H,20,25)(H,21,26). The van der Waals surface area contributed by atoms with E-state index in [9.17, 15) is 14.0 Å². The molecule has 1 aromatic carbocycles. The fourth-order valence-electron chi connectivity index (χ4n) is 2.77. The van der Waals surface area contributed by atoms with Crippen LogP contribution in [0.1, 0.15) is 15.9 Å². The average Bonchev–Trinajstić information content (AvgIpc) is 3.22. The number of amides is 3. The number of aromatic nitrogens is 1. The van der Waals surface area contributed by atoms with E-state index >= 15 is 0 Å². The van der Waals surface area contributed by atoms with Gasteiger partial charge >= 0.3 is 6.03 Å². The van der Waals surface area contributed by atoms with Gasteiger partial charge in [-0.15, -0.1) is 11.3 Å². The number of carbonyl (C=O) groups is 2. The molecule has 9 heteroatoms. The van der Waals surface area contributed by atoms with Gasteiger partial charge in [0.1, 0.15) is 5.82 Å². The molecule has 2 aromatic rings. The second-order valence-corrected chi connectivity index (χ2v) is 7.11. The monoisotopic (exact) mass is 391 g/mol. The maximum Gasteiger partial charge on any atom is 0.317 e. The summed E-state index contributed by atoms with van der Waals surface area (Å²) < 4.78 is 13.5. The summed E-state index contributed by atoms with van der Waals surface area (Å²) in [4.78, 5) is 32.4. The fourth-order valence-corrected chi connectivity index (χ4v) is 3.46. The molecule has 1 aromatic heterocycles. The lowest BCUT2D eigenvalue weighted by atomic mass is 10.1. The maximum absolute atomic E-state index is 13.5. The summed E-state index contributed by atoms with van der Waals surface area (Å²) in [7, 11) is 0. The van der Waals surface area contributed by atoms with Gasteiger partial charge < -0.3 is 20.4 Å². The van der Waals surface area contributed by atoms with Gasteiger partial charge in [0.25, 0.3) is 5.91 Å². The van der Waals surface area contributed by atoms with E-state index in [0.29, 0.717) is 25.2 Å². The van der Waals surface area contributed by atoms with Crippen molar-refractivity contribution in [1.82, 2.24) is 20.5 Å². The largest absolute Gasteiger partial charge is 0.350 e. The van der Waals surface area contributed by atoms with Crippen LogP contribution in [0.25, 0.3) is 0 Å². The zero-order valence-corrected chi connectivity index (χ0v) is 15.9. The van der Waals surface area contributed by atoms with Crippen LogP contribution in [0.2, 0.25) is 0 Å². The second-order valence-electron chi connectivity index (χ2n) is 6.24. The Balaban J connectivity index is 1.36. The van der Waals surface area contributed by atoms with Gasteiger partial charge in [0, 0.05) is 56.4 Å². The molecule has 3 amide bonds. The molecule has 0 atom stereocenters. The average molecular weight is 391 g/mol. The number of hydrogen-bond donors (Lipinski definition) is 2. The third kappa shape index (κ3) is 4.94. The van der Waals surface area contributed by atoms with E-state index in [4.69, 9.17) is 0 Å². The molecule has 1 fully saturated rings. The molecular formula is C18H22FN5O2S. The Kier molecular flexibility index (Phi) is 6.23. The molecular weight excluding hydrogens is 369 g/mol. The number of benzene rings is 1. The summed E-state index contributed by atoms with van der Waals surface area (Å²) in [6, 6.07) is 4.21. The van der Waals surface area contributed by atoms with Gasteiger partial charge in [-0.25, -0.2) is 14.2 Å². The van der Waals surface area contributed by atoms with Crippen molar-refractivity contribution in [2.45, 2.75) is 6.92 Å². The normalized spacial score (nSPS) is 14.1. The van der Waals surface area contributed by atoms with Gasteiger partial charge in [-0.2, -0.15) is 0 Å². The van der Waals surface area contributed by atoms with Crippen LogP contribution in [0.3, 0.4) is 0 Å². The van der Waals surface area contributed by atoms with Crippen molar-refractivity contribution < 1.29 is 14.0 Å². The first-order valence-electron chi connectivity index (χ1n) is 8.76. The summed E-state index contributed by atoms with van der Waals surface area (Å²) >= 11 is 1.59. The molecule has 0 saturated carbocycles. The molecule has 0 radical (unpaired) electrons. The minimum atomic E-state index is -0.409. The maximum atomic E-state index is 13.5. The summed E-state index contributed by atoms with van der Waals surface area (Å²) in [5, 5.41) is 8.39. The predicted molar refractivity (Wildman–Crippen MR) is 103 cm³/mol. The topological polar surface area (TPSA) is 77.6 Å². The van der Waals surface area contributed by atoms with Crippen LogP contribution in [0.4, 0.5) is 14.3 Å². The van der Waals surface area contributed by atoms with E-state index in [1.54, 1.807) is 41.5 Å². The molecule has 144 valence electrons. The molecule has 0 bridgehead atoms. The lowest BCUT2D eigenvalue weighted by Gasteiger charge is -2.34. The number of rotatable bonds is 5. The Morgan fingerprint density at radius 1 is 1.19 bits per heavy atom. The van der Waals surface area contributed by atoms with E-state index < -0.39 is 5.82 Å². The minimum Gasteiger partial charge on any atom is -0.350 e. The predicted octanol–water partition coefficient (Wildman–Crippen LogP) is 1.85. The number of anilines is 1. The van der Waals surface area contributed by atoms with E-state index in [1.165, 1.54) is 6.07 Å². The number of nitrogens with one attached hydrogen (secondary N) is 2. The SMILES string of the molecule is Cc1ccc(C(=O)NCCNC(=O)N2CCN(c3nccs3)CC2)cc1F. The number of halogens is 1. The first kappa shape index (κ1) is 19.1. The summed E-state index contributed by atoms with van der Waals surface area (Å²) in [6.07, 6.45) is 1.78. The minimum absolute atomic E-state index is 0.149. The Morgan fingerprint density at radius 2 is 1.93 bits per heavy atom. The Hall–Kier alpha value is -2.68. The molecule has 2 heterocycles. The number of carbonyl (C=O) groups excluding carboxylic acids is 2. The van der Waals surface area contributed by atoms with E-state index in [-0.39, 0.29) is 24.0 Å². The zero-order chi connectivity index (χ0) is 19.2. The number of thiazole rings is 1. The van der Waals surface area contributed by atoms with Crippen molar-refractivity contribution in [3.8, 4) is 0 Å². The molecule has 0 aliphatic carbocycles. The Labute approximate surface area is 161 Å². The third-order valence-electron chi connectivity index (χ3n) is 4.38. The van der Waals surface area contributed by atoms with Crippen LogP contribution in [-0.4, -0.2) is 61.1 Å². The summed E-state index contributed by atoms with van der Waals surface area (Å²) in [5.74, 6) is -0.770. The van der Waals surface area contributed by atoms with E-state index in [2.05, 4.69) is 20.5 Å². The number of piperazine rings is 1. The Morgan fingerprint density at radius 3 is 2.59 bits per heavy atom. The Bertz CT molecular complexity index is 791. The highest BCUT2D eigenvalue weighted by Crippen LogP contribution is 2.18. The van der Waals surface area contributed by atoms with Crippen molar-refractivity contribution >= 4 is 28.4 Å². The molecule has 1 saturated heterocycles. The molecule has 27 heavy (non-hydrogen) atoms. The van der Waals surface area contributed by atoms with Crippen molar-refractivity contribution in [2.24, 2.45) is 0 Å². The van der Waals surface area contributed by atoms with Crippen LogP contribution in [0.15, 0.2) is 29.8 Å². The number of hydrogen-bond acceptors (Lipinski definition) is 5. The first-order valence-corrected chi connectivity index (χ1v) is 9.64. The highest BCUT2D eigenvalue weighted by molar-refractivity contribution is 7.13. The van der Waals surface area contributed by atoms with E-state index in [1.807, 2.05) is 5.38 Å². The molecule has 2 N–H and O–H groups in total. The first-order chi connectivity index (χ1) is 13.0. The van der Waals surface area contributed by atoms with Gasteiger partial charge in [0.15, 0.2) is 5.13 Å². The van der Waals surface area contributed by atoms with Gasteiger partial charge in [0.05, 0.1) is 0 Å². The fraction of sp³-hybridized carbons (Fsp3) is 0.389. The van der Waals surface area contributed by atoms with Crippen LogP contribution >= 0.6 is 11.3 Å². The smallest absolute Gasteiger partial charge is 0.317 e. The molecule has 3 rings (SSSR count). The van der Waals surface area contributed by atoms with Crippen molar-refractivity contribution in [3.05, 3.63) is 46.7 Å². The van der Waals surface area contributed by atoms with Crippen molar-refractivity contribution in [3.63, 3.8) is 0 Å². The molecule has 0 unspecified atom stereocenters. The molecule has 7 nitrogen and oxygen atoms in total. The second kappa shape index (κ2) is 8.81. The quantitative estimate of drug-likeness (QED) is 0.763. The van der Waals surface area contributed by atoms with Gasteiger partial charge in [-0.05, 0) is 24.6 Å². The van der Waals surface area contributed by atoms with Gasteiger partial charge in [-0.1, -0.05) is 6.07 Å². The molecule has 1 aliphatic heterocycles. The molecule has 0 spiro atoms. The van der Waals surface area contributed by atoms with Crippen LogP contribution in [0.5, 0.6) is 0 Å². The van der Waals surface area contributed by atoms with Crippen molar-refractivity contribution in [2.75, 3.05) is 44.2 Å². The van der Waals surface area contributed by atoms with Crippen molar-refractivity contribution in [1.29, 1.82) is 0 Å². The van der Waals surface area contributed by atoms with E-state index in [0.717, 1.165) is 18.2 Å². The zero-order valence-electron chi connectivity index (χ0n) is 15.1. The highest BCUT2D eigenvalue weighted by Gasteiger charge is 2.22. The van der Waals surface area contributed by atoms with Crippen LogP contribution in [0, 0.1) is 12.7 Å². The molecule has 1 aliphatic rings. The number of nitrogens with zero attached hydrogens (tertiary/aromatic N) is 3. The highest BCUT2D eigenvalue weighted by atomic mass is 32.1.